The first-order valence-electron chi connectivity index (χ1n) is 6.83. The average Bonchev–Trinajstić information content (AvgIpc) is 2.43. The molecule has 0 unspecified atom stereocenters. The molecular weight excluding hydrogens is 286 g/mol. The first kappa shape index (κ1) is 15.7. The van der Waals surface area contributed by atoms with Crippen LogP contribution in [0.5, 0.6) is 0 Å². The predicted octanol–water partition coefficient (Wildman–Crippen LogP) is 1.44. The third kappa shape index (κ3) is 4.15. The lowest BCUT2D eigenvalue weighted by atomic mass is 10.1. The molecule has 5 nitrogen and oxygen atoms in total. The molecule has 0 amide bonds. The number of benzene rings is 1. The molecule has 1 N–H and O–H groups in total. The van der Waals surface area contributed by atoms with Crippen molar-refractivity contribution in [2.75, 3.05) is 37.5 Å². The van der Waals surface area contributed by atoms with Crippen LogP contribution in [0.3, 0.4) is 0 Å². The number of nitrogens with one attached hydrogen (secondary N) is 1. The van der Waals surface area contributed by atoms with Crippen LogP contribution < -0.4 is 10.2 Å². The maximum Gasteiger partial charge on any atom is 0.149 e. The largest absolute Gasteiger partial charge is 0.373 e. The summed E-state index contributed by atoms with van der Waals surface area (Å²) in [5.41, 5.74) is 2.87. The van der Waals surface area contributed by atoms with Crippen molar-refractivity contribution in [3.05, 3.63) is 36.0 Å². The molecule has 0 spiro atoms. The lowest BCUT2D eigenvalue weighted by Crippen LogP contribution is -2.25. The molecule has 0 bridgehead atoms. The highest BCUT2D eigenvalue weighted by Crippen LogP contribution is 2.26. The van der Waals surface area contributed by atoms with E-state index in [1.54, 1.807) is 0 Å². The zero-order valence-corrected chi connectivity index (χ0v) is 13.4. The summed E-state index contributed by atoms with van der Waals surface area (Å²) >= 11 is 0. The Morgan fingerprint density at radius 3 is 2.67 bits per heavy atom. The van der Waals surface area contributed by atoms with Crippen LogP contribution in [0.25, 0.3) is 10.9 Å². The van der Waals surface area contributed by atoms with Gasteiger partial charge in [-0.2, -0.15) is 0 Å². The van der Waals surface area contributed by atoms with Crippen LogP contribution in [0.2, 0.25) is 0 Å². The van der Waals surface area contributed by atoms with Gasteiger partial charge in [0.1, 0.15) is 9.84 Å². The minimum Gasteiger partial charge on any atom is -0.373 e. The number of rotatable bonds is 6. The van der Waals surface area contributed by atoms with Crippen LogP contribution in [0, 0.1) is 0 Å². The monoisotopic (exact) mass is 307 g/mol. The lowest BCUT2D eigenvalue weighted by molar-refractivity contribution is 0.601. The fraction of sp³-hybridized carbons (Fsp3) is 0.400. The van der Waals surface area contributed by atoms with Gasteiger partial charge < -0.3 is 10.2 Å². The van der Waals surface area contributed by atoms with Crippen molar-refractivity contribution in [3.63, 3.8) is 0 Å². The Balaban J connectivity index is 2.40. The van der Waals surface area contributed by atoms with E-state index in [4.69, 9.17) is 0 Å². The second-order valence-electron chi connectivity index (χ2n) is 5.23. The quantitative estimate of drug-likeness (QED) is 0.875. The molecule has 0 aliphatic carbocycles. The van der Waals surface area contributed by atoms with Gasteiger partial charge in [0, 0.05) is 37.5 Å². The summed E-state index contributed by atoms with van der Waals surface area (Å²) in [6.45, 7) is 1.14. The molecule has 0 fully saturated rings. The highest BCUT2D eigenvalue weighted by molar-refractivity contribution is 7.90. The Kier molecular flexibility index (Phi) is 4.80. The molecule has 21 heavy (non-hydrogen) atoms. The molecule has 0 radical (unpaired) electrons. The molecule has 0 saturated carbocycles. The van der Waals surface area contributed by atoms with Crippen molar-refractivity contribution < 1.29 is 8.42 Å². The average molecular weight is 307 g/mol. The highest BCUT2D eigenvalue weighted by Gasteiger charge is 2.11. The van der Waals surface area contributed by atoms with E-state index in [0.717, 1.165) is 22.3 Å². The molecule has 0 aliphatic rings. The number of para-hydroxylation sites is 1. The van der Waals surface area contributed by atoms with Crippen molar-refractivity contribution >= 4 is 26.4 Å². The van der Waals surface area contributed by atoms with Gasteiger partial charge in [-0.05, 0) is 19.2 Å². The van der Waals surface area contributed by atoms with Gasteiger partial charge in [0.15, 0.2) is 0 Å². The maximum absolute atomic E-state index is 11.4. The number of anilines is 1. The molecule has 114 valence electrons. The molecule has 1 aromatic heterocycles. The van der Waals surface area contributed by atoms with Gasteiger partial charge >= 0.3 is 0 Å². The van der Waals surface area contributed by atoms with Crippen LogP contribution in [0.4, 0.5) is 5.69 Å². The Morgan fingerprint density at radius 2 is 2.00 bits per heavy atom. The lowest BCUT2D eigenvalue weighted by Gasteiger charge is -2.21. The molecular formula is C15H21N3O2S. The van der Waals surface area contributed by atoms with Crippen molar-refractivity contribution in [1.29, 1.82) is 0 Å². The van der Waals surface area contributed by atoms with E-state index in [0.29, 0.717) is 13.1 Å². The Labute approximate surface area is 125 Å². The number of aromatic nitrogens is 1. The summed E-state index contributed by atoms with van der Waals surface area (Å²) < 4.78 is 22.7. The molecule has 1 heterocycles. The molecule has 0 saturated heterocycles. The van der Waals surface area contributed by atoms with Gasteiger partial charge in [-0.25, -0.2) is 8.42 Å². The maximum atomic E-state index is 11.4. The SMILES string of the molecule is CNCc1cc(N(C)CCS(C)(=O)=O)c2ccccc2n1. The van der Waals surface area contributed by atoms with Gasteiger partial charge in [0.25, 0.3) is 0 Å². The summed E-state index contributed by atoms with van der Waals surface area (Å²) in [6.07, 6.45) is 1.26. The van der Waals surface area contributed by atoms with Crippen molar-refractivity contribution in [2.24, 2.45) is 0 Å². The summed E-state index contributed by atoms with van der Waals surface area (Å²) in [5.74, 6) is 0.140. The smallest absolute Gasteiger partial charge is 0.149 e. The van der Waals surface area contributed by atoms with Crippen LogP contribution in [0.1, 0.15) is 5.69 Å². The highest BCUT2D eigenvalue weighted by atomic mass is 32.2. The molecule has 0 atom stereocenters. The molecule has 2 rings (SSSR count). The Hall–Kier alpha value is -1.66. The number of fused-ring (bicyclic) bond motifs is 1. The fourth-order valence-electron chi connectivity index (χ4n) is 2.22. The standard InChI is InChI=1S/C15H21N3O2S/c1-16-11-12-10-15(18(2)8-9-21(3,19)20)13-6-4-5-7-14(13)17-12/h4-7,10,16H,8-9,11H2,1-3H3. The summed E-state index contributed by atoms with van der Waals surface area (Å²) in [6, 6.07) is 9.93. The number of hydrogen-bond donors (Lipinski definition) is 1. The van der Waals surface area contributed by atoms with Crippen LogP contribution in [0.15, 0.2) is 30.3 Å². The van der Waals surface area contributed by atoms with E-state index in [9.17, 15) is 8.42 Å². The first-order valence-corrected chi connectivity index (χ1v) is 8.89. The number of sulfone groups is 1. The van der Waals surface area contributed by atoms with Crippen molar-refractivity contribution in [1.82, 2.24) is 10.3 Å². The van der Waals surface area contributed by atoms with Crippen LogP contribution >= 0.6 is 0 Å². The normalized spacial score (nSPS) is 11.8. The number of pyridine rings is 1. The summed E-state index contributed by atoms with van der Waals surface area (Å²) in [7, 11) is 0.821. The van der Waals surface area contributed by atoms with E-state index in [2.05, 4.69) is 10.3 Å². The van der Waals surface area contributed by atoms with Crippen LogP contribution in [-0.2, 0) is 16.4 Å². The molecule has 1 aromatic carbocycles. The van der Waals surface area contributed by atoms with Gasteiger partial charge in [0.05, 0.1) is 17.0 Å². The number of nitrogens with zero attached hydrogens (tertiary/aromatic N) is 2. The van der Waals surface area contributed by atoms with Gasteiger partial charge in [-0.1, -0.05) is 18.2 Å². The van der Waals surface area contributed by atoms with Gasteiger partial charge in [0.2, 0.25) is 0 Å². The van der Waals surface area contributed by atoms with Gasteiger partial charge in [-0.3, -0.25) is 4.98 Å². The fourth-order valence-corrected chi connectivity index (χ4v) is 2.83. The second kappa shape index (κ2) is 6.41. The molecule has 6 heteroatoms. The third-order valence-corrected chi connectivity index (χ3v) is 4.24. The Bertz CT molecular complexity index is 729. The summed E-state index contributed by atoms with van der Waals surface area (Å²) in [5, 5.41) is 4.13. The van der Waals surface area contributed by atoms with E-state index >= 15 is 0 Å². The second-order valence-corrected chi connectivity index (χ2v) is 7.49. The van der Waals surface area contributed by atoms with E-state index in [1.807, 2.05) is 49.3 Å². The van der Waals surface area contributed by atoms with Gasteiger partial charge in [-0.15, -0.1) is 0 Å². The minimum atomic E-state index is -2.97. The summed E-state index contributed by atoms with van der Waals surface area (Å²) in [4.78, 5) is 6.59. The van der Waals surface area contributed by atoms with E-state index in [1.165, 1.54) is 6.26 Å². The predicted molar refractivity (Wildman–Crippen MR) is 87.5 cm³/mol. The van der Waals surface area contributed by atoms with Crippen molar-refractivity contribution in [3.8, 4) is 0 Å². The number of hydrogen-bond acceptors (Lipinski definition) is 5. The Morgan fingerprint density at radius 1 is 1.29 bits per heavy atom. The molecule has 2 aromatic rings. The zero-order valence-electron chi connectivity index (χ0n) is 12.6. The minimum absolute atomic E-state index is 0.140. The van der Waals surface area contributed by atoms with Crippen LogP contribution in [-0.4, -0.2) is 46.1 Å². The van der Waals surface area contributed by atoms with Crippen molar-refractivity contribution in [2.45, 2.75) is 6.54 Å². The van der Waals surface area contributed by atoms with E-state index < -0.39 is 9.84 Å². The van der Waals surface area contributed by atoms with E-state index in [-0.39, 0.29) is 5.75 Å². The topological polar surface area (TPSA) is 62.3 Å². The third-order valence-electron chi connectivity index (χ3n) is 3.31. The zero-order chi connectivity index (χ0) is 15.5. The molecule has 0 aliphatic heterocycles. The first-order chi connectivity index (χ1) is 9.90.